The van der Waals surface area contributed by atoms with Crippen LogP contribution < -0.4 is 16.0 Å². The molecular weight excluding hydrogens is 482 g/mol. The van der Waals surface area contributed by atoms with Crippen molar-refractivity contribution >= 4 is 24.0 Å². The average molecular weight is 531 g/mol. The molecule has 3 amide bonds. The number of amides is 3. The van der Waals surface area contributed by atoms with E-state index >= 15 is 0 Å². The molecule has 0 bridgehead atoms. The summed E-state index contributed by atoms with van der Waals surface area (Å²) < 4.78 is 21.7. The fourth-order valence-corrected chi connectivity index (χ4v) is 3.66. The largest absolute Gasteiger partial charge is 0.344 e. The number of carbonyl (C=O) groups is 3. The van der Waals surface area contributed by atoms with Crippen molar-refractivity contribution in [2.24, 2.45) is 0 Å². The summed E-state index contributed by atoms with van der Waals surface area (Å²) in [6, 6.07) is -0.925. The Morgan fingerprint density at radius 2 is 1.24 bits per heavy atom. The molecule has 0 rings (SSSR count). The fourth-order valence-electron chi connectivity index (χ4n) is 3.66. The molecule has 0 saturated heterocycles. The standard InChI is InChI=1S/C26H48N3O8/c1-7-13-14-15-16-17-18-19-22(31)27-21(8-2)23(32)28-26(36-11-5,37-12-6)24(33)29-25(20-30,34-9-3)35-10-4/h21H,7-19H2,1-6H3,(H,27,31)(H,28,32)(H,29,33). The van der Waals surface area contributed by atoms with Crippen LogP contribution in [0.3, 0.4) is 0 Å². The highest BCUT2D eigenvalue weighted by Gasteiger charge is 2.48. The highest BCUT2D eigenvalue weighted by atomic mass is 16.7. The number of nitrogens with one attached hydrogen (secondary N) is 3. The van der Waals surface area contributed by atoms with Gasteiger partial charge in [0.05, 0.1) is 0 Å². The topological polar surface area (TPSA) is 141 Å². The van der Waals surface area contributed by atoms with Crippen molar-refractivity contribution in [3.63, 3.8) is 0 Å². The summed E-state index contributed by atoms with van der Waals surface area (Å²) in [5.41, 5.74) is 0. The Morgan fingerprint density at radius 1 is 0.730 bits per heavy atom. The zero-order valence-electron chi connectivity index (χ0n) is 23.5. The lowest BCUT2D eigenvalue weighted by atomic mass is 10.1. The molecule has 0 heterocycles. The number of hydrogen-bond donors (Lipinski definition) is 3. The Morgan fingerprint density at radius 3 is 1.70 bits per heavy atom. The average Bonchev–Trinajstić information content (AvgIpc) is 2.87. The summed E-state index contributed by atoms with van der Waals surface area (Å²) >= 11 is 0. The second kappa shape index (κ2) is 20.0. The zero-order valence-corrected chi connectivity index (χ0v) is 23.5. The van der Waals surface area contributed by atoms with Gasteiger partial charge in [0.2, 0.25) is 11.8 Å². The summed E-state index contributed by atoms with van der Waals surface area (Å²) in [6.45, 7) is 10.4. The molecule has 11 heteroatoms. The van der Waals surface area contributed by atoms with E-state index in [1.807, 2.05) is 0 Å². The van der Waals surface area contributed by atoms with E-state index in [4.69, 9.17) is 18.9 Å². The molecule has 1 radical (unpaired) electrons. The molecule has 0 spiro atoms. The van der Waals surface area contributed by atoms with E-state index in [1.165, 1.54) is 19.3 Å². The van der Waals surface area contributed by atoms with Crippen LogP contribution in [0.2, 0.25) is 0 Å². The van der Waals surface area contributed by atoms with E-state index in [-0.39, 0.29) is 38.8 Å². The van der Waals surface area contributed by atoms with Gasteiger partial charge in [-0.1, -0.05) is 52.4 Å². The summed E-state index contributed by atoms with van der Waals surface area (Å²) in [7, 11) is 0. The van der Waals surface area contributed by atoms with Crippen LogP contribution in [0.5, 0.6) is 0 Å². The number of unbranched alkanes of at least 4 members (excludes halogenated alkanes) is 6. The summed E-state index contributed by atoms with van der Waals surface area (Å²) in [6.07, 6.45) is 9.67. The molecule has 0 aliphatic heterocycles. The first-order valence-electron chi connectivity index (χ1n) is 13.6. The Labute approximate surface area is 222 Å². The van der Waals surface area contributed by atoms with Gasteiger partial charge in [-0.2, -0.15) is 0 Å². The third kappa shape index (κ3) is 12.8. The molecule has 215 valence electrons. The lowest BCUT2D eigenvalue weighted by Gasteiger charge is -2.36. The highest BCUT2D eigenvalue weighted by molar-refractivity contribution is 5.93. The Hall–Kier alpha value is -2.08. The van der Waals surface area contributed by atoms with Crippen molar-refractivity contribution in [3.05, 3.63) is 0 Å². The van der Waals surface area contributed by atoms with Gasteiger partial charge in [-0.15, -0.1) is 0 Å². The molecule has 0 aliphatic carbocycles. The quantitative estimate of drug-likeness (QED) is 0.135. The van der Waals surface area contributed by atoms with E-state index in [1.54, 1.807) is 40.9 Å². The Kier molecular flexibility index (Phi) is 18.8. The van der Waals surface area contributed by atoms with Crippen LogP contribution in [0.15, 0.2) is 0 Å². The highest BCUT2D eigenvalue weighted by Crippen LogP contribution is 2.16. The molecular formula is C26H48N3O8. The predicted octanol–water partition coefficient (Wildman–Crippen LogP) is 2.82. The third-order valence-corrected chi connectivity index (χ3v) is 5.46. The SMILES string of the molecule is CCCCCCCCCC(=O)NC(CC)C(=O)NC(OCC)(OCC)C(=O)NC([C]=O)(OCC)OCC. The molecule has 0 fully saturated rings. The van der Waals surface area contributed by atoms with Gasteiger partial charge in [-0.3, -0.25) is 29.8 Å². The normalized spacial score (nSPS) is 12.6. The van der Waals surface area contributed by atoms with E-state index in [0.29, 0.717) is 6.42 Å². The first-order valence-corrected chi connectivity index (χ1v) is 13.6. The van der Waals surface area contributed by atoms with Crippen molar-refractivity contribution in [2.45, 2.75) is 117 Å². The molecule has 0 aromatic rings. The van der Waals surface area contributed by atoms with Gasteiger partial charge in [-0.25, -0.2) is 0 Å². The molecule has 3 N–H and O–H groups in total. The molecule has 11 nitrogen and oxygen atoms in total. The molecule has 0 aliphatic rings. The van der Waals surface area contributed by atoms with Crippen LogP contribution in [-0.4, -0.2) is 68.3 Å². The molecule has 0 saturated carbocycles. The Bertz CT molecular complexity index is 662. The van der Waals surface area contributed by atoms with E-state index in [2.05, 4.69) is 22.9 Å². The molecule has 1 atom stereocenters. The van der Waals surface area contributed by atoms with Gasteiger partial charge < -0.3 is 24.3 Å². The zero-order chi connectivity index (χ0) is 28.2. The van der Waals surface area contributed by atoms with Crippen LogP contribution in [0, 0.1) is 0 Å². The molecule has 0 aromatic heterocycles. The molecule has 1 unspecified atom stereocenters. The Balaban J connectivity index is 5.39. The predicted molar refractivity (Wildman–Crippen MR) is 139 cm³/mol. The van der Waals surface area contributed by atoms with Crippen molar-refractivity contribution in [1.82, 2.24) is 16.0 Å². The minimum atomic E-state index is -2.30. The number of rotatable bonds is 23. The third-order valence-electron chi connectivity index (χ3n) is 5.46. The van der Waals surface area contributed by atoms with E-state index in [0.717, 1.165) is 25.7 Å². The van der Waals surface area contributed by atoms with Crippen molar-refractivity contribution in [2.75, 3.05) is 26.4 Å². The second-order valence-electron chi connectivity index (χ2n) is 8.41. The van der Waals surface area contributed by atoms with Crippen LogP contribution in [0.25, 0.3) is 0 Å². The van der Waals surface area contributed by atoms with Crippen LogP contribution in [0.4, 0.5) is 0 Å². The van der Waals surface area contributed by atoms with Crippen molar-refractivity contribution in [1.29, 1.82) is 0 Å². The fraction of sp³-hybridized carbons (Fsp3) is 0.846. The maximum absolute atomic E-state index is 13.3. The maximum Gasteiger partial charge on any atom is 0.335 e. The molecule has 37 heavy (non-hydrogen) atoms. The van der Waals surface area contributed by atoms with Gasteiger partial charge in [0.25, 0.3) is 6.29 Å². The van der Waals surface area contributed by atoms with Gasteiger partial charge in [-0.05, 0) is 40.5 Å². The number of carbonyl (C=O) groups excluding carboxylic acids is 4. The van der Waals surface area contributed by atoms with Crippen LogP contribution >= 0.6 is 0 Å². The van der Waals surface area contributed by atoms with E-state index < -0.39 is 29.7 Å². The smallest absolute Gasteiger partial charge is 0.335 e. The second-order valence-corrected chi connectivity index (χ2v) is 8.41. The molecule has 0 aromatic carbocycles. The lowest BCUT2D eigenvalue weighted by molar-refractivity contribution is -0.256. The monoisotopic (exact) mass is 530 g/mol. The lowest BCUT2D eigenvalue weighted by Crippen LogP contribution is -2.69. The summed E-state index contributed by atoms with van der Waals surface area (Å²) in [5.74, 6) is -6.46. The minimum Gasteiger partial charge on any atom is -0.344 e. The van der Waals surface area contributed by atoms with Gasteiger partial charge in [0, 0.05) is 32.8 Å². The van der Waals surface area contributed by atoms with E-state index in [9.17, 15) is 19.2 Å². The number of ether oxygens (including phenoxy) is 4. The first kappa shape index (κ1) is 34.9. The van der Waals surface area contributed by atoms with Crippen molar-refractivity contribution in [3.8, 4) is 0 Å². The van der Waals surface area contributed by atoms with Crippen LogP contribution in [0.1, 0.15) is 99.3 Å². The van der Waals surface area contributed by atoms with Gasteiger partial charge >= 0.3 is 17.7 Å². The van der Waals surface area contributed by atoms with Gasteiger partial charge in [0.15, 0.2) is 0 Å². The maximum atomic E-state index is 13.3. The number of hydrogen-bond acceptors (Lipinski definition) is 8. The summed E-state index contributed by atoms with van der Waals surface area (Å²) in [4.78, 5) is 50.6. The van der Waals surface area contributed by atoms with Crippen molar-refractivity contribution < 1.29 is 38.1 Å². The minimum absolute atomic E-state index is 0.0177. The van der Waals surface area contributed by atoms with Gasteiger partial charge in [0.1, 0.15) is 6.04 Å². The van der Waals surface area contributed by atoms with Crippen LogP contribution in [-0.2, 0) is 38.1 Å². The first-order chi connectivity index (χ1) is 17.7. The summed E-state index contributed by atoms with van der Waals surface area (Å²) in [5, 5.41) is 7.47.